The monoisotopic (exact) mass is 252 g/mol. The quantitative estimate of drug-likeness (QED) is 0.733. The van der Waals surface area contributed by atoms with Gasteiger partial charge in [-0.25, -0.2) is 0 Å². The SMILES string of the molecule is CCC(C)(C#N)NC(=O)CCOCC(F)(F)F. The van der Waals surface area contributed by atoms with Gasteiger partial charge in [0.2, 0.25) is 5.91 Å². The summed E-state index contributed by atoms with van der Waals surface area (Å²) in [6.07, 6.45) is -4.17. The van der Waals surface area contributed by atoms with Crippen molar-refractivity contribution >= 4 is 5.91 Å². The molecule has 4 nitrogen and oxygen atoms in total. The molecule has 0 aliphatic rings. The second kappa shape index (κ2) is 6.45. The Morgan fingerprint density at radius 1 is 1.47 bits per heavy atom. The van der Waals surface area contributed by atoms with Gasteiger partial charge in [-0.05, 0) is 13.3 Å². The van der Waals surface area contributed by atoms with E-state index in [0.717, 1.165) is 0 Å². The summed E-state index contributed by atoms with van der Waals surface area (Å²) in [6.45, 7) is 1.57. The van der Waals surface area contributed by atoms with Crippen molar-refractivity contribution in [2.75, 3.05) is 13.2 Å². The van der Waals surface area contributed by atoms with Gasteiger partial charge in [-0.15, -0.1) is 0 Å². The van der Waals surface area contributed by atoms with E-state index in [1.54, 1.807) is 13.8 Å². The molecule has 0 fully saturated rings. The lowest BCUT2D eigenvalue weighted by atomic mass is 10.0. The summed E-state index contributed by atoms with van der Waals surface area (Å²) < 4.78 is 39.4. The Morgan fingerprint density at radius 2 is 2.06 bits per heavy atom. The molecule has 0 radical (unpaired) electrons. The molecule has 0 saturated heterocycles. The van der Waals surface area contributed by atoms with Crippen molar-refractivity contribution in [2.45, 2.75) is 38.4 Å². The number of rotatable bonds is 6. The Kier molecular flexibility index (Phi) is 5.96. The number of ether oxygens (including phenoxy) is 1. The van der Waals surface area contributed by atoms with E-state index < -0.39 is 24.2 Å². The minimum absolute atomic E-state index is 0.201. The molecular weight excluding hydrogens is 237 g/mol. The van der Waals surface area contributed by atoms with Gasteiger partial charge in [0.1, 0.15) is 12.1 Å². The number of carbonyl (C=O) groups excluding carboxylic acids is 1. The predicted molar refractivity (Wildman–Crippen MR) is 53.9 cm³/mol. The third-order valence-corrected chi connectivity index (χ3v) is 2.11. The van der Waals surface area contributed by atoms with Gasteiger partial charge in [-0.3, -0.25) is 4.79 Å². The Hall–Kier alpha value is -1.29. The highest BCUT2D eigenvalue weighted by Crippen LogP contribution is 2.14. The third-order valence-electron chi connectivity index (χ3n) is 2.11. The molecule has 0 aliphatic heterocycles. The van der Waals surface area contributed by atoms with Crippen molar-refractivity contribution in [3.8, 4) is 6.07 Å². The van der Waals surface area contributed by atoms with Gasteiger partial charge in [0.15, 0.2) is 0 Å². The summed E-state index contributed by atoms with van der Waals surface area (Å²) in [5.74, 6) is -0.502. The second-order valence-electron chi connectivity index (χ2n) is 3.76. The normalized spacial score (nSPS) is 14.8. The molecular formula is C10H15F3N2O2. The molecule has 0 spiro atoms. The second-order valence-corrected chi connectivity index (χ2v) is 3.76. The van der Waals surface area contributed by atoms with Crippen molar-refractivity contribution in [3.63, 3.8) is 0 Å². The fourth-order valence-electron chi connectivity index (χ4n) is 0.918. The maximum atomic E-state index is 11.7. The van der Waals surface area contributed by atoms with Crippen molar-refractivity contribution in [1.82, 2.24) is 5.32 Å². The Morgan fingerprint density at radius 3 is 2.47 bits per heavy atom. The van der Waals surface area contributed by atoms with Crippen molar-refractivity contribution in [1.29, 1.82) is 5.26 Å². The van der Waals surface area contributed by atoms with Gasteiger partial charge < -0.3 is 10.1 Å². The highest BCUT2D eigenvalue weighted by molar-refractivity contribution is 5.77. The summed E-state index contributed by atoms with van der Waals surface area (Å²) in [5.41, 5.74) is -0.985. The van der Waals surface area contributed by atoms with Crippen LogP contribution in [0.4, 0.5) is 13.2 Å². The first-order chi connectivity index (χ1) is 7.72. The van der Waals surface area contributed by atoms with E-state index in [9.17, 15) is 18.0 Å². The molecule has 0 rings (SSSR count). The molecule has 0 aromatic carbocycles. The molecule has 17 heavy (non-hydrogen) atoms. The lowest BCUT2D eigenvalue weighted by Crippen LogP contribution is -2.44. The summed E-state index contributed by atoms with van der Waals surface area (Å²) in [6, 6.07) is 1.92. The van der Waals surface area contributed by atoms with Crippen LogP contribution in [0.1, 0.15) is 26.7 Å². The van der Waals surface area contributed by atoms with Gasteiger partial charge in [0.05, 0.1) is 19.1 Å². The van der Waals surface area contributed by atoms with E-state index in [1.807, 2.05) is 6.07 Å². The van der Waals surface area contributed by atoms with Crippen LogP contribution in [0.5, 0.6) is 0 Å². The zero-order valence-electron chi connectivity index (χ0n) is 9.73. The first-order valence-electron chi connectivity index (χ1n) is 5.09. The largest absolute Gasteiger partial charge is 0.411 e. The Labute approximate surface area is 97.7 Å². The third kappa shape index (κ3) is 7.58. The molecule has 0 aromatic heterocycles. The van der Waals surface area contributed by atoms with Crippen LogP contribution in [0.25, 0.3) is 0 Å². The molecule has 0 aromatic rings. The van der Waals surface area contributed by atoms with Crippen LogP contribution in [-0.4, -0.2) is 30.8 Å². The van der Waals surface area contributed by atoms with Gasteiger partial charge in [0, 0.05) is 0 Å². The first-order valence-corrected chi connectivity index (χ1v) is 5.09. The maximum absolute atomic E-state index is 11.7. The highest BCUT2D eigenvalue weighted by atomic mass is 19.4. The standard InChI is InChI=1S/C10H15F3N2O2/c1-3-9(2,6-14)15-8(16)4-5-17-7-10(11,12)13/h3-5,7H2,1-2H3,(H,15,16). The number of amides is 1. The number of hydrogen-bond acceptors (Lipinski definition) is 3. The zero-order chi connectivity index (χ0) is 13.5. The molecule has 1 atom stereocenters. The van der Waals surface area contributed by atoms with Gasteiger partial charge in [-0.2, -0.15) is 18.4 Å². The number of nitriles is 1. The summed E-state index contributed by atoms with van der Waals surface area (Å²) >= 11 is 0. The van der Waals surface area contributed by atoms with Crippen molar-refractivity contribution in [3.05, 3.63) is 0 Å². The molecule has 7 heteroatoms. The summed E-state index contributed by atoms with van der Waals surface area (Å²) in [4.78, 5) is 11.3. The van der Waals surface area contributed by atoms with E-state index in [-0.39, 0.29) is 13.0 Å². The van der Waals surface area contributed by atoms with Gasteiger partial charge >= 0.3 is 6.18 Å². The van der Waals surface area contributed by atoms with Crippen LogP contribution in [0.2, 0.25) is 0 Å². The Balaban J connectivity index is 3.86. The molecule has 1 unspecified atom stereocenters. The first kappa shape index (κ1) is 15.7. The number of alkyl halides is 3. The van der Waals surface area contributed by atoms with Crippen LogP contribution in [-0.2, 0) is 9.53 Å². The topological polar surface area (TPSA) is 62.1 Å². The van der Waals surface area contributed by atoms with E-state index in [0.29, 0.717) is 6.42 Å². The minimum atomic E-state index is -4.39. The number of nitrogens with zero attached hydrogens (tertiary/aromatic N) is 1. The van der Waals surface area contributed by atoms with E-state index >= 15 is 0 Å². The van der Waals surface area contributed by atoms with E-state index in [2.05, 4.69) is 10.1 Å². The van der Waals surface area contributed by atoms with Crippen LogP contribution in [0.3, 0.4) is 0 Å². The lowest BCUT2D eigenvalue weighted by molar-refractivity contribution is -0.174. The van der Waals surface area contributed by atoms with Crippen molar-refractivity contribution in [2.24, 2.45) is 0 Å². The summed E-state index contributed by atoms with van der Waals surface area (Å²) in [7, 11) is 0. The molecule has 0 saturated carbocycles. The highest BCUT2D eigenvalue weighted by Gasteiger charge is 2.28. The van der Waals surface area contributed by atoms with Crippen molar-refractivity contribution < 1.29 is 22.7 Å². The van der Waals surface area contributed by atoms with Crippen LogP contribution >= 0.6 is 0 Å². The fourth-order valence-corrected chi connectivity index (χ4v) is 0.918. The van der Waals surface area contributed by atoms with Gasteiger partial charge in [-0.1, -0.05) is 6.92 Å². The predicted octanol–water partition coefficient (Wildman–Crippen LogP) is 1.76. The van der Waals surface area contributed by atoms with E-state index in [1.165, 1.54) is 0 Å². The fraction of sp³-hybridized carbons (Fsp3) is 0.800. The molecule has 0 heterocycles. The lowest BCUT2D eigenvalue weighted by Gasteiger charge is -2.21. The maximum Gasteiger partial charge on any atom is 0.411 e. The summed E-state index contributed by atoms with van der Waals surface area (Å²) in [5, 5.41) is 11.2. The van der Waals surface area contributed by atoms with Crippen LogP contribution in [0.15, 0.2) is 0 Å². The van der Waals surface area contributed by atoms with Crippen LogP contribution in [0, 0.1) is 11.3 Å². The minimum Gasteiger partial charge on any atom is -0.372 e. The number of halogens is 3. The molecule has 0 aliphatic carbocycles. The average Bonchev–Trinajstić information content (AvgIpc) is 2.23. The molecule has 1 N–H and O–H groups in total. The average molecular weight is 252 g/mol. The number of nitrogens with one attached hydrogen (secondary N) is 1. The zero-order valence-corrected chi connectivity index (χ0v) is 9.73. The molecule has 1 amide bonds. The molecule has 98 valence electrons. The number of hydrogen-bond donors (Lipinski definition) is 1. The number of carbonyl (C=O) groups is 1. The van der Waals surface area contributed by atoms with Gasteiger partial charge in [0.25, 0.3) is 0 Å². The Bertz CT molecular complexity index is 299. The molecule has 0 bridgehead atoms. The van der Waals surface area contributed by atoms with E-state index in [4.69, 9.17) is 5.26 Å². The smallest absolute Gasteiger partial charge is 0.372 e. The van der Waals surface area contributed by atoms with Crippen LogP contribution < -0.4 is 5.32 Å².